The zero-order valence-electron chi connectivity index (χ0n) is 10.2. The molecule has 19 heavy (non-hydrogen) atoms. The average Bonchev–Trinajstić information content (AvgIpc) is 2.68. The lowest BCUT2D eigenvalue weighted by Crippen LogP contribution is -2.12. The Morgan fingerprint density at radius 2 is 1.95 bits per heavy atom. The largest absolute Gasteiger partial charge is 0.292 e. The average molecular weight is 329 g/mol. The number of benzene rings is 1. The number of hydrogen-bond donors (Lipinski definition) is 0. The van der Waals surface area contributed by atoms with Crippen LogP contribution in [-0.2, 0) is 13.0 Å². The normalized spacial score (nSPS) is 10.7. The van der Waals surface area contributed by atoms with Crippen molar-refractivity contribution in [1.29, 1.82) is 0 Å². The summed E-state index contributed by atoms with van der Waals surface area (Å²) in [4.78, 5) is 12.2. The van der Waals surface area contributed by atoms with E-state index in [0.29, 0.717) is 22.3 Å². The second kappa shape index (κ2) is 5.61. The molecule has 2 rings (SSSR count). The SMILES string of the molecule is CCn1ncc(Br)c1C(=O)Cc1cc(F)cc(F)c1. The quantitative estimate of drug-likeness (QED) is 0.806. The lowest BCUT2D eigenvalue weighted by atomic mass is 10.1. The van der Waals surface area contributed by atoms with Gasteiger partial charge in [-0.15, -0.1) is 0 Å². The molecule has 0 aliphatic carbocycles. The van der Waals surface area contributed by atoms with Crippen molar-refractivity contribution in [3.05, 3.63) is 51.8 Å². The van der Waals surface area contributed by atoms with Crippen LogP contribution in [-0.4, -0.2) is 15.6 Å². The Bertz CT molecular complexity index is 605. The highest BCUT2D eigenvalue weighted by molar-refractivity contribution is 9.10. The number of carbonyl (C=O) groups excluding carboxylic acids is 1. The molecule has 0 fully saturated rings. The molecule has 0 radical (unpaired) electrons. The highest BCUT2D eigenvalue weighted by Gasteiger charge is 2.17. The third-order valence-corrected chi connectivity index (χ3v) is 3.23. The second-order valence-corrected chi connectivity index (χ2v) is 4.89. The topological polar surface area (TPSA) is 34.9 Å². The van der Waals surface area contributed by atoms with Crippen molar-refractivity contribution in [3.63, 3.8) is 0 Å². The van der Waals surface area contributed by atoms with Crippen LogP contribution in [0.4, 0.5) is 8.78 Å². The lowest BCUT2D eigenvalue weighted by Gasteiger charge is -2.05. The number of rotatable bonds is 4. The summed E-state index contributed by atoms with van der Waals surface area (Å²) in [5.41, 5.74) is 0.713. The van der Waals surface area contributed by atoms with Crippen LogP contribution >= 0.6 is 15.9 Å². The van der Waals surface area contributed by atoms with Gasteiger partial charge in [-0.05, 0) is 40.5 Å². The van der Waals surface area contributed by atoms with E-state index in [-0.39, 0.29) is 12.2 Å². The van der Waals surface area contributed by atoms with Crippen molar-refractivity contribution in [2.75, 3.05) is 0 Å². The number of Topliss-reactive ketones (excluding diaryl/α,β-unsaturated/α-hetero) is 1. The molecule has 100 valence electrons. The first kappa shape index (κ1) is 13.9. The molecular weight excluding hydrogens is 318 g/mol. The smallest absolute Gasteiger partial charge is 0.186 e. The van der Waals surface area contributed by atoms with Crippen molar-refractivity contribution in [3.8, 4) is 0 Å². The summed E-state index contributed by atoms with van der Waals surface area (Å²) in [6.07, 6.45) is 1.46. The summed E-state index contributed by atoms with van der Waals surface area (Å²) in [5.74, 6) is -1.62. The Kier molecular flexibility index (Phi) is 4.09. The molecule has 2 aromatic rings. The zero-order valence-corrected chi connectivity index (χ0v) is 11.7. The summed E-state index contributed by atoms with van der Waals surface area (Å²) < 4.78 is 28.3. The van der Waals surface area contributed by atoms with Crippen LogP contribution in [0.2, 0.25) is 0 Å². The Morgan fingerprint density at radius 3 is 2.53 bits per heavy atom. The van der Waals surface area contributed by atoms with Gasteiger partial charge in [0.2, 0.25) is 0 Å². The number of hydrogen-bond acceptors (Lipinski definition) is 2. The highest BCUT2D eigenvalue weighted by Crippen LogP contribution is 2.19. The second-order valence-electron chi connectivity index (χ2n) is 4.03. The first-order valence-corrected chi connectivity index (χ1v) is 6.50. The molecule has 0 atom stereocenters. The lowest BCUT2D eigenvalue weighted by molar-refractivity contribution is 0.0982. The van der Waals surface area contributed by atoms with Crippen molar-refractivity contribution < 1.29 is 13.6 Å². The standard InChI is InChI=1S/C13H11BrF2N2O/c1-2-18-13(11(14)7-17-18)12(19)5-8-3-9(15)6-10(16)4-8/h3-4,6-7H,2,5H2,1H3. The van der Waals surface area contributed by atoms with E-state index in [9.17, 15) is 13.6 Å². The predicted molar refractivity (Wildman–Crippen MR) is 70.0 cm³/mol. The maximum absolute atomic E-state index is 13.1. The Labute approximate surface area is 117 Å². The first-order chi connectivity index (χ1) is 9.01. The number of nitrogens with zero attached hydrogens (tertiary/aromatic N) is 2. The van der Waals surface area contributed by atoms with E-state index in [2.05, 4.69) is 21.0 Å². The summed E-state index contributed by atoms with van der Waals surface area (Å²) >= 11 is 3.25. The fourth-order valence-electron chi connectivity index (χ4n) is 1.86. The van der Waals surface area contributed by atoms with Crippen molar-refractivity contribution in [1.82, 2.24) is 9.78 Å². The van der Waals surface area contributed by atoms with Gasteiger partial charge in [-0.3, -0.25) is 9.48 Å². The number of carbonyl (C=O) groups is 1. The van der Waals surface area contributed by atoms with Gasteiger partial charge in [-0.25, -0.2) is 8.78 Å². The van der Waals surface area contributed by atoms with Crippen LogP contribution in [0.3, 0.4) is 0 Å². The van der Waals surface area contributed by atoms with E-state index in [1.54, 1.807) is 4.68 Å². The summed E-state index contributed by atoms with van der Waals surface area (Å²) in [7, 11) is 0. The van der Waals surface area contributed by atoms with Crippen LogP contribution in [0, 0.1) is 11.6 Å². The molecule has 0 aliphatic rings. The van der Waals surface area contributed by atoms with Gasteiger partial charge >= 0.3 is 0 Å². The zero-order chi connectivity index (χ0) is 14.0. The molecule has 0 saturated carbocycles. The van der Waals surface area contributed by atoms with Crippen molar-refractivity contribution >= 4 is 21.7 Å². The molecule has 1 aromatic heterocycles. The highest BCUT2D eigenvalue weighted by atomic mass is 79.9. The van der Waals surface area contributed by atoms with Gasteiger partial charge in [-0.1, -0.05) is 0 Å². The Morgan fingerprint density at radius 1 is 1.32 bits per heavy atom. The summed E-state index contributed by atoms with van der Waals surface area (Å²) in [6.45, 7) is 2.41. The van der Waals surface area contributed by atoms with Gasteiger partial charge in [0, 0.05) is 19.0 Å². The number of aryl methyl sites for hydroxylation is 1. The van der Waals surface area contributed by atoms with Gasteiger partial charge in [-0.2, -0.15) is 5.10 Å². The van der Waals surface area contributed by atoms with Gasteiger partial charge in [0.15, 0.2) is 5.78 Å². The number of aromatic nitrogens is 2. The van der Waals surface area contributed by atoms with E-state index in [4.69, 9.17) is 0 Å². The van der Waals surface area contributed by atoms with Crippen LogP contribution in [0.5, 0.6) is 0 Å². The Balaban J connectivity index is 2.28. The van der Waals surface area contributed by atoms with E-state index in [1.165, 1.54) is 6.20 Å². The van der Waals surface area contributed by atoms with Gasteiger partial charge in [0.25, 0.3) is 0 Å². The van der Waals surface area contributed by atoms with Crippen LogP contribution < -0.4 is 0 Å². The van der Waals surface area contributed by atoms with E-state index < -0.39 is 11.6 Å². The van der Waals surface area contributed by atoms with Crippen LogP contribution in [0.1, 0.15) is 23.0 Å². The van der Waals surface area contributed by atoms with E-state index in [0.717, 1.165) is 18.2 Å². The molecule has 3 nitrogen and oxygen atoms in total. The van der Waals surface area contributed by atoms with E-state index >= 15 is 0 Å². The van der Waals surface area contributed by atoms with Crippen molar-refractivity contribution in [2.24, 2.45) is 0 Å². The molecule has 1 aromatic carbocycles. The maximum Gasteiger partial charge on any atom is 0.186 e. The van der Waals surface area contributed by atoms with Crippen LogP contribution in [0.15, 0.2) is 28.9 Å². The molecule has 0 saturated heterocycles. The third-order valence-electron chi connectivity index (χ3n) is 2.65. The summed E-state index contributed by atoms with van der Waals surface area (Å²) in [5, 5.41) is 4.03. The summed E-state index contributed by atoms with van der Waals surface area (Å²) in [6, 6.07) is 3.09. The Hall–Kier alpha value is -1.56. The van der Waals surface area contributed by atoms with Crippen LogP contribution in [0.25, 0.3) is 0 Å². The molecule has 6 heteroatoms. The minimum absolute atomic E-state index is 0.0705. The monoisotopic (exact) mass is 328 g/mol. The van der Waals surface area contributed by atoms with Gasteiger partial charge in [0.1, 0.15) is 17.3 Å². The van der Waals surface area contributed by atoms with Crippen molar-refractivity contribution in [2.45, 2.75) is 19.9 Å². The minimum atomic E-state index is -0.689. The number of halogens is 3. The minimum Gasteiger partial charge on any atom is -0.292 e. The molecule has 0 aliphatic heterocycles. The molecule has 0 amide bonds. The fraction of sp³-hybridized carbons (Fsp3) is 0.231. The maximum atomic E-state index is 13.1. The molecular formula is C13H11BrF2N2O. The predicted octanol–water partition coefficient (Wildman–Crippen LogP) is 3.37. The number of ketones is 1. The first-order valence-electron chi connectivity index (χ1n) is 5.70. The fourth-order valence-corrected chi connectivity index (χ4v) is 2.38. The van der Waals surface area contributed by atoms with Gasteiger partial charge < -0.3 is 0 Å². The molecule has 1 heterocycles. The van der Waals surface area contributed by atoms with Gasteiger partial charge in [0.05, 0.1) is 10.7 Å². The molecule has 0 N–H and O–H groups in total. The van der Waals surface area contributed by atoms with E-state index in [1.807, 2.05) is 6.92 Å². The molecule has 0 bridgehead atoms. The molecule has 0 spiro atoms. The molecule has 0 unspecified atom stereocenters. The third kappa shape index (κ3) is 3.07.